The van der Waals surface area contributed by atoms with E-state index in [4.69, 9.17) is 4.74 Å². The fourth-order valence-corrected chi connectivity index (χ4v) is 3.45. The van der Waals surface area contributed by atoms with Crippen molar-refractivity contribution < 1.29 is 9.53 Å². The molecule has 0 spiro atoms. The van der Waals surface area contributed by atoms with E-state index >= 15 is 0 Å². The van der Waals surface area contributed by atoms with Crippen molar-refractivity contribution in [2.24, 2.45) is 0 Å². The second kappa shape index (κ2) is 6.53. The van der Waals surface area contributed by atoms with Crippen LogP contribution in [0.15, 0.2) is 59.4 Å². The Bertz CT molecular complexity index is 1210. The van der Waals surface area contributed by atoms with Crippen LogP contribution < -0.4 is 14.8 Å². The first-order valence-corrected chi connectivity index (χ1v) is 8.67. The van der Waals surface area contributed by atoms with Gasteiger partial charge in [-0.25, -0.2) is 0 Å². The van der Waals surface area contributed by atoms with Crippen LogP contribution in [0.4, 0.5) is 0 Å². The minimum absolute atomic E-state index is 0.224. The highest BCUT2D eigenvalue weighted by atomic mass is 32.1. The number of para-hydroxylation sites is 1. The van der Waals surface area contributed by atoms with E-state index in [9.17, 15) is 9.59 Å². The highest BCUT2D eigenvalue weighted by molar-refractivity contribution is 7.15. The summed E-state index contributed by atoms with van der Waals surface area (Å²) < 4.78 is 7.03. The average molecular weight is 363 g/mol. The van der Waals surface area contributed by atoms with Crippen LogP contribution in [0, 0.1) is 0 Å². The van der Waals surface area contributed by atoms with Gasteiger partial charge < -0.3 is 4.74 Å². The number of rotatable bonds is 3. The Morgan fingerprint density at radius 3 is 2.58 bits per heavy atom. The van der Waals surface area contributed by atoms with E-state index in [1.807, 2.05) is 36.4 Å². The molecule has 128 valence electrons. The van der Waals surface area contributed by atoms with Gasteiger partial charge in [0.2, 0.25) is 4.96 Å². The summed E-state index contributed by atoms with van der Waals surface area (Å²) in [5.41, 5.74) is 1.28. The summed E-state index contributed by atoms with van der Waals surface area (Å²) in [4.78, 5) is 28.8. The molecule has 0 aliphatic carbocycles. The first-order valence-electron chi connectivity index (χ1n) is 7.86. The Balaban J connectivity index is 1.81. The average Bonchev–Trinajstić information content (AvgIpc) is 3.16. The second-order valence-electron chi connectivity index (χ2n) is 5.55. The van der Waals surface area contributed by atoms with E-state index in [1.54, 1.807) is 24.3 Å². The van der Waals surface area contributed by atoms with Crippen LogP contribution in [-0.4, -0.2) is 20.6 Å². The number of esters is 1. The molecular weight excluding hydrogens is 350 g/mol. The molecule has 2 aromatic carbocycles. The number of nitrogens with zero attached hydrogens (tertiary/aromatic N) is 3. The molecule has 0 aliphatic heterocycles. The molecule has 7 heteroatoms. The standard InChI is InChI=1S/C19H13N3O3S/c1-12(23)25-15-10-6-5-9-14(15)17-20-19-22(21-17)18(24)16(26-19)11-13-7-3-2-4-8-13/h2-11H,1H3/b16-11+. The number of thiazole rings is 1. The number of carbonyl (C=O) groups excluding carboxylic acids is 1. The highest BCUT2D eigenvalue weighted by Gasteiger charge is 2.16. The maximum absolute atomic E-state index is 12.6. The lowest BCUT2D eigenvalue weighted by Gasteiger charge is -2.04. The number of hydrogen-bond acceptors (Lipinski definition) is 6. The molecule has 4 aromatic rings. The molecule has 6 nitrogen and oxygen atoms in total. The van der Waals surface area contributed by atoms with Crippen molar-refractivity contribution in [3.63, 3.8) is 0 Å². The Labute approximate surface area is 152 Å². The minimum atomic E-state index is -0.428. The zero-order valence-electron chi connectivity index (χ0n) is 13.7. The Hall–Kier alpha value is -3.32. The van der Waals surface area contributed by atoms with E-state index in [-0.39, 0.29) is 5.56 Å². The lowest BCUT2D eigenvalue weighted by atomic mass is 10.2. The molecule has 0 atom stereocenters. The summed E-state index contributed by atoms with van der Waals surface area (Å²) >= 11 is 1.27. The Kier molecular flexibility index (Phi) is 4.06. The molecule has 0 bridgehead atoms. The predicted molar refractivity (Wildman–Crippen MR) is 99.1 cm³/mol. The number of aromatic nitrogens is 3. The Morgan fingerprint density at radius 2 is 1.85 bits per heavy atom. The highest BCUT2D eigenvalue weighted by Crippen LogP contribution is 2.27. The third-order valence-corrected chi connectivity index (χ3v) is 4.62. The summed E-state index contributed by atoms with van der Waals surface area (Å²) in [7, 11) is 0. The summed E-state index contributed by atoms with van der Waals surface area (Å²) in [6, 6.07) is 16.6. The summed E-state index contributed by atoms with van der Waals surface area (Å²) in [5, 5.41) is 4.30. The van der Waals surface area contributed by atoms with Gasteiger partial charge in [0.25, 0.3) is 5.56 Å². The third-order valence-electron chi connectivity index (χ3n) is 3.66. The number of carbonyl (C=O) groups is 1. The summed E-state index contributed by atoms with van der Waals surface area (Å²) in [6.07, 6.45) is 1.82. The molecule has 0 saturated carbocycles. The van der Waals surface area contributed by atoms with Crippen LogP contribution >= 0.6 is 11.3 Å². The smallest absolute Gasteiger partial charge is 0.308 e. The van der Waals surface area contributed by atoms with E-state index in [0.29, 0.717) is 26.6 Å². The third kappa shape index (κ3) is 3.00. The van der Waals surface area contributed by atoms with Gasteiger partial charge in [-0.2, -0.15) is 9.50 Å². The lowest BCUT2D eigenvalue weighted by molar-refractivity contribution is -0.131. The first-order chi connectivity index (χ1) is 12.6. The summed E-state index contributed by atoms with van der Waals surface area (Å²) in [6.45, 7) is 1.33. The van der Waals surface area contributed by atoms with Gasteiger partial charge in [0.15, 0.2) is 5.82 Å². The quantitative estimate of drug-likeness (QED) is 0.412. The maximum Gasteiger partial charge on any atom is 0.308 e. The molecule has 26 heavy (non-hydrogen) atoms. The van der Waals surface area contributed by atoms with Crippen molar-refractivity contribution in [1.29, 1.82) is 0 Å². The zero-order valence-corrected chi connectivity index (χ0v) is 14.6. The van der Waals surface area contributed by atoms with Gasteiger partial charge >= 0.3 is 5.97 Å². The van der Waals surface area contributed by atoms with Crippen molar-refractivity contribution in [1.82, 2.24) is 14.6 Å². The van der Waals surface area contributed by atoms with Crippen LogP contribution in [0.25, 0.3) is 22.4 Å². The molecule has 0 radical (unpaired) electrons. The second-order valence-corrected chi connectivity index (χ2v) is 6.56. The molecule has 0 saturated heterocycles. The number of benzene rings is 2. The molecule has 0 unspecified atom stereocenters. The fraction of sp³-hybridized carbons (Fsp3) is 0.0526. The number of ether oxygens (including phenoxy) is 1. The number of hydrogen-bond donors (Lipinski definition) is 0. The SMILES string of the molecule is CC(=O)Oc1ccccc1-c1nc2s/c(=C/c3ccccc3)c(=O)n2n1. The van der Waals surface area contributed by atoms with Gasteiger partial charge in [-0.3, -0.25) is 9.59 Å². The van der Waals surface area contributed by atoms with Gasteiger partial charge in [0, 0.05) is 6.92 Å². The lowest BCUT2D eigenvalue weighted by Crippen LogP contribution is -2.23. The van der Waals surface area contributed by atoms with E-state index in [0.717, 1.165) is 5.56 Å². The van der Waals surface area contributed by atoms with Gasteiger partial charge in [-0.05, 0) is 23.8 Å². The van der Waals surface area contributed by atoms with Crippen molar-refractivity contribution in [2.75, 3.05) is 0 Å². The van der Waals surface area contributed by atoms with Crippen molar-refractivity contribution in [3.8, 4) is 17.1 Å². The van der Waals surface area contributed by atoms with Crippen molar-refractivity contribution in [3.05, 3.63) is 75.0 Å². The largest absolute Gasteiger partial charge is 0.426 e. The van der Waals surface area contributed by atoms with Crippen LogP contribution in [0.3, 0.4) is 0 Å². The topological polar surface area (TPSA) is 73.6 Å². The maximum atomic E-state index is 12.6. The van der Waals surface area contributed by atoms with Crippen LogP contribution in [0.5, 0.6) is 5.75 Å². The molecule has 2 heterocycles. The minimum Gasteiger partial charge on any atom is -0.426 e. The first kappa shape index (κ1) is 16.2. The number of fused-ring (bicyclic) bond motifs is 1. The van der Waals surface area contributed by atoms with Crippen LogP contribution in [0.2, 0.25) is 0 Å². The molecule has 0 fully saturated rings. The molecule has 0 aliphatic rings. The van der Waals surface area contributed by atoms with E-state index < -0.39 is 5.97 Å². The predicted octanol–water partition coefficient (Wildman–Crippen LogP) is 2.29. The van der Waals surface area contributed by atoms with Gasteiger partial charge in [0.05, 0.1) is 10.1 Å². The molecule has 0 N–H and O–H groups in total. The fourth-order valence-electron chi connectivity index (χ4n) is 2.54. The molecule has 4 rings (SSSR count). The molecule has 0 amide bonds. The molecular formula is C19H13N3O3S. The van der Waals surface area contributed by atoms with Gasteiger partial charge in [-0.15, -0.1) is 5.10 Å². The monoisotopic (exact) mass is 363 g/mol. The van der Waals surface area contributed by atoms with Crippen molar-refractivity contribution >= 4 is 28.3 Å². The normalized spacial score (nSPS) is 11.8. The zero-order chi connectivity index (χ0) is 18.1. The van der Waals surface area contributed by atoms with Gasteiger partial charge in [0.1, 0.15) is 5.75 Å². The van der Waals surface area contributed by atoms with Crippen LogP contribution in [0.1, 0.15) is 12.5 Å². The Morgan fingerprint density at radius 1 is 1.12 bits per heavy atom. The van der Waals surface area contributed by atoms with E-state index in [1.165, 1.54) is 22.8 Å². The van der Waals surface area contributed by atoms with Crippen LogP contribution in [-0.2, 0) is 4.79 Å². The van der Waals surface area contributed by atoms with E-state index in [2.05, 4.69) is 10.1 Å². The summed E-state index contributed by atoms with van der Waals surface area (Å²) in [5.74, 6) is 0.279. The van der Waals surface area contributed by atoms with Crippen molar-refractivity contribution in [2.45, 2.75) is 6.92 Å². The molecule has 2 aromatic heterocycles. The van der Waals surface area contributed by atoms with Gasteiger partial charge in [-0.1, -0.05) is 53.8 Å².